The molecule has 2 aliphatic rings. The number of amides is 2. The Bertz CT molecular complexity index is 1220. The smallest absolute Gasteiger partial charge is 0.263 e. The summed E-state index contributed by atoms with van der Waals surface area (Å²) in [5.74, 6) is 1.01. The zero-order valence-corrected chi connectivity index (χ0v) is 17.8. The fourth-order valence-electron chi connectivity index (χ4n) is 3.89. The number of methoxy groups -OCH3 is 1. The van der Waals surface area contributed by atoms with Crippen LogP contribution in [0.5, 0.6) is 5.75 Å². The van der Waals surface area contributed by atoms with Crippen molar-refractivity contribution in [3.05, 3.63) is 65.5 Å². The van der Waals surface area contributed by atoms with E-state index in [9.17, 15) is 9.59 Å². The Morgan fingerprint density at radius 2 is 1.72 bits per heavy atom. The molecule has 0 N–H and O–H groups in total. The maximum absolute atomic E-state index is 13.2. The lowest BCUT2D eigenvalue weighted by molar-refractivity contribution is -0.123. The number of carbonyl (C=O) groups is 2. The number of aromatic nitrogens is 1. The molecule has 2 aromatic carbocycles. The van der Waals surface area contributed by atoms with Gasteiger partial charge in [0.1, 0.15) is 17.2 Å². The number of hydrogen-bond donors (Lipinski definition) is 0. The van der Waals surface area contributed by atoms with Crippen LogP contribution in [0.3, 0.4) is 0 Å². The van der Waals surface area contributed by atoms with E-state index >= 15 is 0 Å². The third kappa shape index (κ3) is 3.22. The van der Waals surface area contributed by atoms with E-state index in [1.807, 2.05) is 38.1 Å². The van der Waals surface area contributed by atoms with Gasteiger partial charge in [0.2, 0.25) is 5.89 Å². The van der Waals surface area contributed by atoms with Gasteiger partial charge in [0, 0.05) is 5.56 Å². The molecule has 1 aromatic heterocycles. The van der Waals surface area contributed by atoms with Crippen LogP contribution in [0.4, 0.5) is 5.69 Å². The van der Waals surface area contributed by atoms with Gasteiger partial charge in [-0.15, -0.1) is 0 Å². The summed E-state index contributed by atoms with van der Waals surface area (Å²) in [5.41, 5.74) is 3.13. The predicted molar refractivity (Wildman–Crippen MR) is 115 cm³/mol. The SMILES string of the molecule is COc1ccc(N2C(=O)[C@@H]3[C@@H](N=NN3Cc3nc(-c4ccc(C)cc4)oc3C)C2=O)cc1. The number of carbonyl (C=O) groups excluding carboxylic acids is 2. The number of ether oxygens (including phenoxy) is 1. The van der Waals surface area contributed by atoms with E-state index < -0.39 is 18.0 Å². The highest BCUT2D eigenvalue weighted by atomic mass is 16.5. The van der Waals surface area contributed by atoms with Crippen molar-refractivity contribution < 1.29 is 18.7 Å². The van der Waals surface area contributed by atoms with E-state index in [0.29, 0.717) is 28.8 Å². The Morgan fingerprint density at radius 1 is 1.00 bits per heavy atom. The molecule has 9 nitrogen and oxygen atoms in total. The number of hydrogen-bond acceptors (Lipinski definition) is 8. The normalized spacial score (nSPS) is 19.7. The Balaban J connectivity index is 1.38. The maximum Gasteiger partial charge on any atom is 0.263 e. The molecular weight excluding hydrogens is 410 g/mol. The summed E-state index contributed by atoms with van der Waals surface area (Å²) in [5, 5.41) is 9.68. The fraction of sp³-hybridized carbons (Fsp3) is 0.261. The topological polar surface area (TPSA) is 101 Å². The minimum absolute atomic E-state index is 0.210. The highest BCUT2D eigenvalue weighted by Crippen LogP contribution is 2.34. The van der Waals surface area contributed by atoms with Crippen LogP contribution >= 0.6 is 0 Å². The number of aryl methyl sites for hydroxylation is 2. The average molecular weight is 431 g/mol. The maximum atomic E-state index is 13.2. The molecule has 2 atom stereocenters. The number of nitrogens with zero attached hydrogens (tertiary/aromatic N) is 5. The lowest BCUT2D eigenvalue weighted by Crippen LogP contribution is -2.39. The minimum atomic E-state index is -0.867. The predicted octanol–water partition coefficient (Wildman–Crippen LogP) is 3.46. The van der Waals surface area contributed by atoms with Crippen molar-refractivity contribution in [3.8, 4) is 17.2 Å². The largest absolute Gasteiger partial charge is 0.497 e. The first-order chi connectivity index (χ1) is 15.5. The number of fused-ring (bicyclic) bond motifs is 1. The van der Waals surface area contributed by atoms with Crippen molar-refractivity contribution in [3.63, 3.8) is 0 Å². The molecule has 0 bridgehead atoms. The second-order valence-electron chi connectivity index (χ2n) is 7.79. The monoisotopic (exact) mass is 431 g/mol. The van der Waals surface area contributed by atoms with Crippen LogP contribution in [0.25, 0.3) is 11.5 Å². The highest BCUT2D eigenvalue weighted by Gasteiger charge is 2.54. The van der Waals surface area contributed by atoms with Crippen LogP contribution in [0.15, 0.2) is 63.3 Å². The number of oxazole rings is 1. The molecule has 3 heterocycles. The molecule has 0 aliphatic carbocycles. The van der Waals surface area contributed by atoms with E-state index in [2.05, 4.69) is 15.3 Å². The van der Waals surface area contributed by atoms with E-state index in [0.717, 1.165) is 16.0 Å². The first-order valence-corrected chi connectivity index (χ1v) is 10.2. The van der Waals surface area contributed by atoms with Gasteiger partial charge in [-0.25, -0.2) is 9.88 Å². The van der Waals surface area contributed by atoms with E-state index in [1.54, 1.807) is 31.4 Å². The summed E-state index contributed by atoms with van der Waals surface area (Å²) in [7, 11) is 1.56. The van der Waals surface area contributed by atoms with Crippen molar-refractivity contribution in [2.45, 2.75) is 32.5 Å². The second-order valence-corrected chi connectivity index (χ2v) is 7.79. The van der Waals surface area contributed by atoms with Crippen molar-refractivity contribution in [2.24, 2.45) is 10.3 Å². The standard InChI is InChI=1S/C23H21N5O4/c1-13-4-6-15(7-5-13)21-24-18(14(2)32-21)12-27-20-19(25-26-27)22(29)28(23(20)30)16-8-10-17(31-3)11-9-16/h4-11,19-20H,12H2,1-3H3/t19-,20+/m1/s1. The zero-order chi connectivity index (χ0) is 22.4. The van der Waals surface area contributed by atoms with Crippen LogP contribution in [-0.4, -0.2) is 41.0 Å². The molecule has 32 heavy (non-hydrogen) atoms. The third-order valence-corrected chi connectivity index (χ3v) is 5.69. The second kappa shape index (κ2) is 7.60. The van der Waals surface area contributed by atoms with Gasteiger partial charge in [-0.2, -0.15) is 5.11 Å². The third-order valence-electron chi connectivity index (χ3n) is 5.69. The lowest BCUT2D eigenvalue weighted by Gasteiger charge is -2.20. The molecule has 1 saturated heterocycles. The van der Waals surface area contributed by atoms with Crippen LogP contribution < -0.4 is 9.64 Å². The molecule has 2 amide bonds. The molecule has 1 fully saturated rings. The Hall–Kier alpha value is -4.01. The summed E-state index contributed by atoms with van der Waals surface area (Å²) in [4.78, 5) is 31.8. The van der Waals surface area contributed by atoms with Gasteiger partial charge in [-0.05, 0) is 50.2 Å². The molecule has 162 valence electrons. The number of imide groups is 1. The van der Waals surface area contributed by atoms with Gasteiger partial charge >= 0.3 is 0 Å². The van der Waals surface area contributed by atoms with Crippen molar-refractivity contribution >= 4 is 17.5 Å². The fourth-order valence-corrected chi connectivity index (χ4v) is 3.89. The summed E-state index contributed by atoms with van der Waals surface area (Å²) >= 11 is 0. The first kappa shape index (κ1) is 19.9. The molecule has 0 unspecified atom stereocenters. The molecule has 9 heteroatoms. The van der Waals surface area contributed by atoms with Gasteiger partial charge in [-0.1, -0.05) is 22.9 Å². The van der Waals surface area contributed by atoms with Gasteiger partial charge in [0.25, 0.3) is 11.8 Å². The van der Waals surface area contributed by atoms with E-state index in [4.69, 9.17) is 9.15 Å². The van der Waals surface area contributed by atoms with Crippen molar-refractivity contribution in [1.29, 1.82) is 0 Å². The van der Waals surface area contributed by atoms with E-state index in [1.165, 1.54) is 5.01 Å². The molecule has 3 aromatic rings. The van der Waals surface area contributed by atoms with Crippen LogP contribution in [0.1, 0.15) is 17.0 Å². The van der Waals surface area contributed by atoms with Gasteiger partial charge in [-0.3, -0.25) is 14.6 Å². The highest BCUT2D eigenvalue weighted by molar-refractivity contribution is 6.25. The molecule has 5 rings (SSSR count). The molecule has 0 saturated carbocycles. The van der Waals surface area contributed by atoms with Gasteiger partial charge < -0.3 is 9.15 Å². The molecule has 2 aliphatic heterocycles. The summed E-state index contributed by atoms with van der Waals surface area (Å²) in [6.45, 7) is 4.04. The van der Waals surface area contributed by atoms with Crippen LogP contribution in [-0.2, 0) is 16.1 Å². The van der Waals surface area contributed by atoms with Crippen LogP contribution in [0.2, 0.25) is 0 Å². The number of rotatable bonds is 5. The van der Waals surface area contributed by atoms with Gasteiger partial charge in [0.05, 0.1) is 19.3 Å². The summed E-state index contributed by atoms with van der Waals surface area (Å²) in [6.07, 6.45) is 0. The number of anilines is 1. The zero-order valence-electron chi connectivity index (χ0n) is 17.8. The number of benzene rings is 2. The van der Waals surface area contributed by atoms with Crippen molar-refractivity contribution in [1.82, 2.24) is 9.99 Å². The quantitative estimate of drug-likeness (QED) is 0.574. The Labute approximate surface area is 184 Å². The lowest BCUT2D eigenvalue weighted by atomic mass is 10.1. The molecule has 0 spiro atoms. The van der Waals surface area contributed by atoms with Crippen molar-refractivity contribution in [2.75, 3.05) is 12.0 Å². The average Bonchev–Trinajstić information content (AvgIpc) is 3.45. The minimum Gasteiger partial charge on any atom is -0.497 e. The van der Waals surface area contributed by atoms with Crippen LogP contribution in [0, 0.1) is 13.8 Å². The summed E-state index contributed by atoms with van der Waals surface area (Å²) < 4.78 is 11.0. The first-order valence-electron chi connectivity index (χ1n) is 10.2. The molecular formula is C23H21N5O4. The Morgan fingerprint density at radius 3 is 2.41 bits per heavy atom. The van der Waals surface area contributed by atoms with Gasteiger partial charge in [0.15, 0.2) is 12.1 Å². The van der Waals surface area contributed by atoms with E-state index in [-0.39, 0.29) is 12.5 Å². The molecule has 0 radical (unpaired) electrons. The Kier molecular flexibility index (Phi) is 4.73. The summed E-state index contributed by atoms with van der Waals surface area (Å²) in [6, 6.07) is 13.0.